The molecule has 0 N–H and O–H groups in total. The molecule has 25 heavy (non-hydrogen) atoms. The number of benzene rings is 1. The molecule has 134 valence electrons. The van der Waals surface area contributed by atoms with Crippen molar-refractivity contribution in [1.82, 2.24) is 9.88 Å². The fourth-order valence-electron chi connectivity index (χ4n) is 3.39. The minimum absolute atomic E-state index is 0.176. The normalized spacial score (nSPS) is 20.9. The molecule has 2 heterocycles. The zero-order valence-corrected chi connectivity index (χ0v) is 16.5. The van der Waals surface area contributed by atoms with Crippen LogP contribution in [0.2, 0.25) is 5.02 Å². The molecule has 0 amide bonds. The number of halogens is 1. The lowest BCUT2D eigenvalue weighted by Gasteiger charge is -2.23. The number of aromatic nitrogens is 1. The highest BCUT2D eigenvalue weighted by Crippen LogP contribution is 2.34. The summed E-state index contributed by atoms with van der Waals surface area (Å²) in [6, 6.07) is 7.80. The summed E-state index contributed by atoms with van der Waals surface area (Å²) in [7, 11) is 0. The molecule has 1 fully saturated rings. The maximum Gasteiger partial charge on any atom is 0.140 e. The number of nitrogens with zero attached hydrogens (tertiary/aromatic N) is 2. The Balaban J connectivity index is 1.60. The van der Waals surface area contributed by atoms with Gasteiger partial charge in [0.25, 0.3) is 0 Å². The number of hydrogen-bond donors (Lipinski definition) is 0. The predicted octanol–water partition coefficient (Wildman–Crippen LogP) is 5.43. The Morgan fingerprint density at radius 3 is 2.84 bits per heavy atom. The molecule has 0 radical (unpaired) electrons. The molecule has 1 aromatic heterocycles. The fraction of sp³-hybridized carbons (Fsp3) is 0.500. The average Bonchev–Trinajstić information content (AvgIpc) is 3.21. The summed E-state index contributed by atoms with van der Waals surface area (Å²) >= 11 is 7.61. The second kappa shape index (κ2) is 7.98. The van der Waals surface area contributed by atoms with E-state index in [4.69, 9.17) is 16.6 Å². The number of carbonyl (C=O) groups is 1. The van der Waals surface area contributed by atoms with Crippen molar-refractivity contribution >= 4 is 28.7 Å². The van der Waals surface area contributed by atoms with Gasteiger partial charge in [0.2, 0.25) is 0 Å². The van der Waals surface area contributed by atoms with E-state index in [1.165, 1.54) is 0 Å². The van der Waals surface area contributed by atoms with Gasteiger partial charge in [-0.1, -0.05) is 44.0 Å². The molecule has 0 saturated carbocycles. The first-order valence-electron chi connectivity index (χ1n) is 8.96. The van der Waals surface area contributed by atoms with Gasteiger partial charge in [-0.15, -0.1) is 11.3 Å². The number of hydrogen-bond acceptors (Lipinski definition) is 4. The number of ketones is 1. The van der Waals surface area contributed by atoms with E-state index in [0.717, 1.165) is 66.6 Å². The third kappa shape index (κ3) is 4.49. The van der Waals surface area contributed by atoms with Crippen molar-refractivity contribution < 1.29 is 4.79 Å². The fourth-order valence-corrected chi connectivity index (χ4v) is 4.33. The van der Waals surface area contributed by atoms with Gasteiger partial charge in [-0.25, -0.2) is 4.98 Å². The minimum Gasteiger partial charge on any atom is -0.299 e. The molecule has 5 heteroatoms. The zero-order chi connectivity index (χ0) is 17.9. The second-order valence-electron chi connectivity index (χ2n) is 7.20. The van der Waals surface area contributed by atoms with Crippen LogP contribution in [0.3, 0.4) is 0 Å². The molecule has 3 nitrogen and oxygen atoms in total. The summed E-state index contributed by atoms with van der Waals surface area (Å²) in [6.45, 7) is 6.91. The van der Waals surface area contributed by atoms with Crippen LogP contribution < -0.4 is 0 Å². The summed E-state index contributed by atoms with van der Waals surface area (Å²) in [5, 5.41) is 3.88. The largest absolute Gasteiger partial charge is 0.299 e. The lowest BCUT2D eigenvalue weighted by molar-refractivity contribution is -0.127. The highest BCUT2D eigenvalue weighted by molar-refractivity contribution is 7.13. The molecule has 1 aliphatic rings. The van der Waals surface area contributed by atoms with Crippen LogP contribution in [0.5, 0.6) is 0 Å². The molecule has 3 rings (SSSR count). The molecule has 1 saturated heterocycles. The Morgan fingerprint density at radius 2 is 2.12 bits per heavy atom. The van der Waals surface area contributed by atoms with E-state index in [1.54, 1.807) is 11.3 Å². The molecule has 2 aromatic rings. The number of likely N-dealkylation sites (tertiary alicyclic amines) is 1. The van der Waals surface area contributed by atoms with Gasteiger partial charge in [0.05, 0.1) is 5.69 Å². The van der Waals surface area contributed by atoms with E-state index in [9.17, 15) is 4.79 Å². The molecule has 1 aromatic carbocycles. The van der Waals surface area contributed by atoms with Crippen molar-refractivity contribution in [2.75, 3.05) is 13.1 Å². The first-order chi connectivity index (χ1) is 12.0. The molecule has 1 atom stereocenters. The van der Waals surface area contributed by atoms with E-state index < -0.39 is 0 Å². The monoisotopic (exact) mass is 376 g/mol. The lowest BCUT2D eigenvalue weighted by Crippen LogP contribution is -2.31. The standard InChI is InChI=1S/C20H25ClN2OS/c1-3-4-5-18(24)20(2)10-11-23(14-20)12-17-13-25-19(22-17)15-6-8-16(21)9-7-15/h6-9,13H,3-5,10-12,14H2,1-2H3. The first-order valence-corrected chi connectivity index (χ1v) is 10.2. The van der Waals surface area contributed by atoms with Crippen LogP contribution in [0.15, 0.2) is 29.6 Å². The predicted molar refractivity (Wildman–Crippen MR) is 105 cm³/mol. The highest BCUT2D eigenvalue weighted by atomic mass is 35.5. The van der Waals surface area contributed by atoms with Crippen LogP contribution >= 0.6 is 22.9 Å². The molecular weight excluding hydrogens is 352 g/mol. The average molecular weight is 377 g/mol. The van der Waals surface area contributed by atoms with Crippen molar-refractivity contribution in [2.45, 2.75) is 46.1 Å². The van der Waals surface area contributed by atoms with Crippen LogP contribution in [0.4, 0.5) is 0 Å². The molecule has 0 spiro atoms. The Labute approximate surface area is 159 Å². The van der Waals surface area contributed by atoms with Crippen molar-refractivity contribution in [3.8, 4) is 10.6 Å². The maximum absolute atomic E-state index is 12.5. The number of carbonyl (C=O) groups excluding carboxylic acids is 1. The van der Waals surface area contributed by atoms with Gasteiger partial charge in [0.15, 0.2) is 0 Å². The molecule has 0 aliphatic carbocycles. The van der Waals surface area contributed by atoms with Gasteiger partial charge in [-0.2, -0.15) is 0 Å². The summed E-state index contributed by atoms with van der Waals surface area (Å²) in [5.41, 5.74) is 2.01. The van der Waals surface area contributed by atoms with Gasteiger partial charge >= 0.3 is 0 Å². The van der Waals surface area contributed by atoms with Crippen molar-refractivity contribution in [3.05, 3.63) is 40.4 Å². The third-order valence-corrected chi connectivity index (χ3v) is 6.20. The third-order valence-electron chi connectivity index (χ3n) is 5.01. The number of rotatable bonds is 7. The zero-order valence-electron chi connectivity index (χ0n) is 14.9. The Hall–Kier alpha value is -1.23. The summed E-state index contributed by atoms with van der Waals surface area (Å²) in [4.78, 5) is 19.6. The van der Waals surface area contributed by atoms with Gasteiger partial charge in [0.1, 0.15) is 10.8 Å². The van der Waals surface area contributed by atoms with Gasteiger partial charge in [-0.05, 0) is 31.5 Å². The van der Waals surface area contributed by atoms with Crippen molar-refractivity contribution in [1.29, 1.82) is 0 Å². The Bertz CT molecular complexity index is 728. The first kappa shape index (κ1) is 18.6. The van der Waals surface area contributed by atoms with Gasteiger partial charge < -0.3 is 0 Å². The van der Waals surface area contributed by atoms with Gasteiger partial charge in [-0.3, -0.25) is 9.69 Å². The molecule has 1 unspecified atom stereocenters. The van der Waals surface area contributed by atoms with E-state index in [2.05, 4.69) is 24.1 Å². The SMILES string of the molecule is CCCCC(=O)C1(C)CCN(Cc2csc(-c3ccc(Cl)cc3)n2)C1. The number of thiazole rings is 1. The number of Topliss-reactive ketones (excluding diaryl/α,β-unsaturated/α-hetero) is 1. The lowest BCUT2D eigenvalue weighted by atomic mass is 9.82. The smallest absolute Gasteiger partial charge is 0.140 e. The van der Waals surface area contributed by atoms with Crippen LogP contribution in [-0.2, 0) is 11.3 Å². The quantitative estimate of drug-likeness (QED) is 0.645. The van der Waals surface area contributed by atoms with Crippen molar-refractivity contribution in [2.24, 2.45) is 5.41 Å². The number of unbranched alkanes of at least 4 members (excludes halogenated alkanes) is 1. The molecular formula is C20H25ClN2OS. The van der Waals surface area contributed by atoms with E-state index >= 15 is 0 Å². The molecule has 0 bridgehead atoms. The van der Waals surface area contributed by atoms with Crippen LogP contribution in [-0.4, -0.2) is 28.8 Å². The maximum atomic E-state index is 12.5. The molecule has 1 aliphatic heterocycles. The summed E-state index contributed by atoms with van der Waals surface area (Å²) in [5.74, 6) is 0.428. The van der Waals surface area contributed by atoms with E-state index in [0.29, 0.717) is 5.78 Å². The Kier molecular flexibility index (Phi) is 5.92. The topological polar surface area (TPSA) is 33.2 Å². The van der Waals surface area contributed by atoms with Gasteiger partial charge in [0, 0.05) is 40.9 Å². The summed E-state index contributed by atoms with van der Waals surface area (Å²) < 4.78 is 0. The van der Waals surface area contributed by atoms with E-state index in [1.807, 2.05) is 24.3 Å². The van der Waals surface area contributed by atoms with Crippen LogP contribution in [0.25, 0.3) is 10.6 Å². The Morgan fingerprint density at radius 1 is 1.36 bits per heavy atom. The van der Waals surface area contributed by atoms with E-state index in [-0.39, 0.29) is 5.41 Å². The minimum atomic E-state index is -0.176. The van der Waals surface area contributed by atoms with Crippen LogP contribution in [0, 0.1) is 5.41 Å². The van der Waals surface area contributed by atoms with Crippen molar-refractivity contribution in [3.63, 3.8) is 0 Å². The van der Waals surface area contributed by atoms with Crippen LogP contribution in [0.1, 0.15) is 45.2 Å². The highest BCUT2D eigenvalue weighted by Gasteiger charge is 2.39. The second-order valence-corrected chi connectivity index (χ2v) is 8.49. The summed E-state index contributed by atoms with van der Waals surface area (Å²) in [6.07, 6.45) is 3.77.